The van der Waals surface area contributed by atoms with Gasteiger partial charge in [-0.05, 0) is 36.4 Å². The van der Waals surface area contributed by atoms with Crippen LogP contribution < -0.4 is 0 Å². The van der Waals surface area contributed by atoms with Crippen LogP contribution in [0.5, 0.6) is 0 Å². The Kier molecular flexibility index (Phi) is 2.90. The molecule has 18 heavy (non-hydrogen) atoms. The van der Waals surface area contributed by atoms with E-state index in [4.69, 9.17) is 23.2 Å². The van der Waals surface area contributed by atoms with Crippen LogP contribution in [0.25, 0.3) is 0 Å². The Morgan fingerprint density at radius 2 is 1.11 bits per heavy atom. The van der Waals surface area contributed by atoms with Crippen LogP contribution in [0.2, 0.25) is 10.0 Å². The van der Waals surface area contributed by atoms with Gasteiger partial charge in [0.25, 0.3) is 0 Å². The van der Waals surface area contributed by atoms with Crippen molar-refractivity contribution in [1.29, 1.82) is 0 Å². The first-order valence-electron chi connectivity index (χ1n) is 5.39. The van der Waals surface area contributed by atoms with Crippen LogP contribution in [-0.4, -0.2) is 12.4 Å². The fourth-order valence-electron chi connectivity index (χ4n) is 1.75. The van der Waals surface area contributed by atoms with Crippen LogP contribution in [0, 0.1) is 0 Å². The van der Waals surface area contributed by atoms with Crippen molar-refractivity contribution in [2.45, 2.75) is 0 Å². The monoisotopic (exact) mass is 274 g/mol. The third-order valence-corrected chi connectivity index (χ3v) is 3.14. The molecule has 0 saturated carbocycles. The van der Waals surface area contributed by atoms with E-state index in [0.717, 1.165) is 22.5 Å². The molecule has 0 saturated heterocycles. The van der Waals surface area contributed by atoms with Crippen LogP contribution in [0.15, 0.2) is 46.4 Å². The Labute approximate surface area is 115 Å². The molecule has 0 bridgehead atoms. The normalized spacial score (nSPS) is 12.6. The van der Waals surface area contributed by atoms with E-state index >= 15 is 0 Å². The summed E-state index contributed by atoms with van der Waals surface area (Å²) in [6.07, 6.45) is 3.55. The molecule has 0 N–H and O–H groups in total. The summed E-state index contributed by atoms with van der Waals surface area (Å²) in [6, 6.07) is 11.1. The van der Waals surface area contributed by atoms with Crippen molar-refractivity contribution in [3.05, 3.63) is 57.6 Å². The fourth-order valence-corrected chi connectivity index (χ4v) is 2.09. The van der Waals surface area contributed by atoms with Crippen molar-refractivity contribution in [2.24, 2.45) is 9.98 Å². The number of fused-ring (bicyclic) bond motifs is 2. The van der Waals surface area contributed by atoms with E-state index in [9.17, 15) is 0 Å². The third kappa shape index (κ3) is 2.17. The summed E-state index contributed by atoms with van der Waals surface area (Å²) in [5.74, 6) is 0. The summed E-state index contributed by atoms with van der Waals surface area (Å²) in [6.45, 7) is 0. The standard InChI is InChI=1S/C14H8Cl2N2/c15-11-3-1-9-7-17-14-6-12(16)4-2-10(14)8-18-13(9)5-11/h1-8H. The molecule has 0 atom stereocenters. The van der Waals surface area contributed by atoms with E-state index < -0.39 is 0 Å². The second-order valence-corrected chi connectivity index (χ2v) is 4.80. The second-order valence-electron chi connectivity index (χ2n) is 3.92. The average molecular weight is 275 g/mol. The first kappa shape index (κ1) is 11.5. The summed E-state index contributed by atoms with van der Waals surface area (Å²) < 4.78 is 0. The zero-order valence-corrected chi connectivity index (χ0v) is 10.8. The lowest BCUT2D eigenvalue weighted by Crippen LogP contribution is -1.90. The lowest BCUT2D eigenvalue weighted by Gasteiger charge is -2.07. The zero-order valence-electron chi connectivity index (χ0n) is 9.27. The van der Waals surface area contributed by atoms with Crippen molar-refractivity contribution in [1.82, 2.24) is 0 Å². The van der Waals surface area contributed by atoms with Gasteiger partial charge in [-0.3, -0.25) is 9.98 Å². The predicted molar refractivity (Wildman–Crippen MR) is 77.4 cm³/mol. The van der Waals surface area contributed by atoms with Crippen molar-refractivity contribution in [3.63, 3.8) is 0 Å². The number of hydrogen-bond acceptors (Lipinski definition) is 2. The molecule has 0 aromatic heterocycles. The minimum absolute atomic E-state index is 0.663. The van der Waals surface area contributed by atoms with Gasteiger partial charge in [0.1, 0.15) is 0 Å². The quantitative estimate of drug-likeness (QED) is 0.562. The molecule has 2 nitrogen and oxygen atoms in total. The molecule has 0 radical (unpaired) electrons. The first-order chi connectivity index (χ1) is 8.72. The number of nitrogens with zero attached hydrogens (tertiary/aromatic N) is 2. The van der Waals surface area contributed by atoms with Gasteiger partial charge in [-0.15, -0.1) is 0 Å². The highest BCUT2D eigenvalue weighted by Gasteiger charge is 2.06. The summed E-state index contributed by atoms with van der Waals surface area (Å²) in [5, 5.41) is 1.33. The number of hydrogen-bond donors (Lipinski definition) is 0. The molecule has 0 unspecified atom stereocenters. The molecule has 0 aliphatic carbocycles. The Bertz CT molecular complexity index is 616. The van der Waals surface area contributed by atoms with Gasteiger partial charge in [-0.1, -0.05) is 23.2 Å². The van der Waals surface area contributed by atoms with Gasteiger partial charge in [0.15, 0.2) is 0 Å². The molecule has 1 aliphatic rings. The highest BCUT2D eigenvalue weighted by molar-refractivity contribution is 6.31. The number of rotatable bonds is 0. The topological polar surface area (TPSA) is 24.7 Å². The molecule has 2 aromatic carbocycles. The average Bonchev–Trinajstić information content (AvgIpc) is 2.34. The molecule has 0 fully saturated rings. The Hall–Kier alpha value is -1.64. The van der Waals surface area contributed by atoms with Gasteiger partial charge in [0.05, 0.1) is 11.4 Å². The Morgan fingerprint density at radius 1 is 0.667 bits per heavy atom. The van der Waals surface area contributed by atoms with Gasteiger partial charge in [-0.2, -0.15) is 0 Å². The van der Waals surface area contributed by atoms with Gasteiger partial charge in [-0.25, -0.2) is 0 Å². The molecule has 0 spiro atoms. The number of aliphatic imine (C=N–C) groups is 2. The first-order valence-corrected chi connectivity index (χ1v) is 6.15. The summed E-state index contributed by atoms with van der Waals surface area (Å²) >= 11 is 11.9. The van der Waals surface area contributed by atoms with Gasteiger partial charge < -0.3 is 0 Å². The van der Waals surface area contributed by atoms with E-state index in [1.807, 2.05) is 36.4 Å². The van der Waals surface area contributed by atoms with Crippen molar-refractivity contribution >= 4 is 47.0 Å². The van der Waals surface area contributed by atoms with E-state index in [-0.39, 0.29) is 0 Å². The molecular formula is C14H8Cl2N2. The molecule has 2 aromatic rings. The maximum Gasteiger partial charge on any atom is 0.0732 e. The molecular weight excluding hydrogens is 267 g/mol. The van der Waals surface area contributed by atoms with Crippen LogP contribution in [0.1, 0.15) is 11.1 Å². The van der Waals surface area contributed by atoms with E-state index in [2.05, 4.69) is 9.98 Å². The minimum Gasteiger partial charge on any atom is -0.255 e. The number of benzene rings is 2. The van der Waals surface area contributed by atoms with Crippen LogP contribution in [0.4, 0.5) is 11.4 Å². The van der Waals surface area contributed by atoms with E-state index in [1.54, 1.807) is 12.4 Å². The van der Waals surface area contributed by atoms with Crippen LogP contribution in [0.3, 0.4) is 0 Å². The van der Waals surface area contributed by atoms with Crippen LogP contribution in [-0.2, 0) is 0 Å². The Morgan fingerprint density at radius 3 is 1.56 bits per heavy atom. The largest absolute Gasteiger partial charge is 0.255 e. The molecule has 3 rings (SSSR count). The summed E-state index contributed by atoms with van der Waals surface area (Å²) in [7, 11) is 0. The predicted octanol–water partition coefficient (Wildman–Crippen LogP) is 4.81. The van der Waals surface area contributed by atoms with Crippen molar-refractivity contribution in [3.8, 4) is 0 Å². The van der Waals surface area contributed by atoms with Crippen molar-refractivity contribution in [2.75, 3.05) is 0 Å². The van der Waals surface area contributed by atoms with Gasteiger partial charge >= 0.3 is 0 Å². The number of halogens is 2. The lowest BCUT2D eigenvalue weighted by atomic mass is 10.1. The summed E-state index contributed by atoms with van der Waals surface area (Å²) in [4.78, 5) is 8.87. The molecule has 1 aliphatic heterocycles. The van der Waals surface area contributed by atoms with Gasteiger partial charge in [0.2, 0.25) is 0 Å². The Balaban J connectivity index is 2.16. The smallest absolute Gasteiger partial charge is 0.0732 e. The second kappa shape index (κ2) is 4.56. The lowest BCUT2D eigenvalue weighted by molar-refractivity contribution is 1.45. The molecule has 1 heterocycles. The maximum absolute atomic E-state index is 5.96. The van der Waals surface area contributed by atoms with E-state index in [0.29, 0.717) is 10.0 Å². The molecule has 0 amide bonds. The van der Waals surface area contributed by atoms with Crippen molar-refractivity contribution < 1.29 is 0 Å². The fraction of sp³-hybridized carbons (Fsp3) is 0. The minimum atomic E-state index is 0.663. The SMILES string of the molecule is Clc1ccc2c(c1)N=Cc1ccc(Cl)cc1N=C2. The van der Waals surface area contributed by atoms with Gasteiger partial charge in [0, 0.05) is 33.6 Å². The maximum atomic E-state index is 5.96. The van der Waals surface area contributed by atoms with E-state index in [1.165, 1.54) is 0 Å². The molecule has 4 heteroatoms. The molecule has 88 valence electrons. The van der Waals surface area contributed by atoms with Crippen LogP contribution >= 0.6 is 23.2 Å². The summed E-state index contributed by atoms with van der Waals surface area (Å²) in [5.41, 5.74) is 3.49. The highest BCUT2D eigenvalue weighted by Crippen LogP contribution is 2.28. The third-order valence-electron chi connectivity index (χ3n) is 2.67. The zero-order chi connectivity index (χ0) is 12.5. The highest BCUT2D eigenvalue weighted by atomic mass is 35.5.